The minimum atomic E-state index is -0.142. The van der Waals surface area contributed by atoms with Crippen molar-refractivity contribution in [1.29, 1.82) is 0 Å². The van der Waals surface area contributed by atoms with Crippen molar-refractivity contribution in [1.82, 2.24) is 0 Å². The molecule has 2 rings (SSSR count). The van der Waals surface area contributed by atoms with Crippen LogP contribution in [0.4, 0.5) is 0 Å². The van der Waals surface area contributed by atoms with E-state index < -0.39 is 0 Å². The molecule has 3 atom stereocenters. The summed E-state index contributed by atoms with van der Waals surface area (Å²) in [5, 5.41) is 1.85. The van der Waals surface area contributed by atoms with Crippen molar-refractivity contribution >= 4 is 17.7 Å². The van der Waals surface area contributed by atoms with Gasteiger partial charge in [-0.05, 0) is 55.6 Å². The Hall–Kier alpha value is -0.440. The molecule has 3 heteroatoms. The maximum absolute atomic E-state index is 11.6. The minimum absolute atomic E-state index is 0.142. The summed E-state index contributed by atoms with van der Waals surface area (Å²) in [6.07, 6.45) is 7.37. The molecule has 0 N–H and O–H groups in total. The molecule has 0 amide bonds. The number of hydrogen-bond donors (Lipinski definition) is 0. The van der Waals surface area contributed by atoms with E-state index in [9.17, 15) is 4.79 Å². The number of rotatable bonds is 4. The highest BCUT2D eigenvalue weighted by atomic mass is 32.2. The van der Waals surface area contributed by atoms with Gasteiger partial charge in [-0.1, -0.05) is 6.42 Å². The average Bonchev–Trinajstić information content (AvgIpc) is 2.87. The van der Waals surface area contributed by atoms with Gasteiger partial charge in [0, 0.05) is 5.57 Å². The maximum atomic E-state index is 11.6. The first kappa shape index (κ1) is 12.0. The predicted octanol–water partition coefficient (Wildman–Crippen LogP) is 3.23. The fourth-order valence-corrected chi connectivity index (χ4v) is 3.55. The number of carbonyl (C=O) groups excluding carboxylic acids is 1. The minimum Gasteiger partial charge on any atom is -0.462 e. The van der Waals surface area contributed by atoms with Crippen LogP contribution in [0.3, 0.4) is 0 Å². The molecule has 3 unspecified atom stereocenters. The number of thioether (sulfide) groups is 1. The van der Waals surface area contributed by atoms with Crippen LogP contribution in [0.2, 0.25) is 0 Å². The van der Waals surface area contributed by atoms with E-state index in [0.29, 0.717) is 12.5 Å². The standard InChI is InChI=1S/C13H20O2S/c1-9(8-16-2)13(14)15-7-12-6-10-3-4-11(12)5-10/h8,10-12H,3-7H2,1-2H3/b9-8+. The van der Waals surface area contributed by atoms with Crippen molar-refractivity contribution in [2.45, 2.75) is 32.6 Å². The summed E-state index contributed by atoms with van der Waals surface area (Å²) in [6, 6.07) is 0. The van der Waals surface area contributed by atoms with Crippen LogP contribution >= 0.6 is 11.8 Å². The van der Waals surface area contributed by atoms with Gasteiger partial charge in [0.2, 0.25) is 0 Å². The molecule has 0 aliphatic heterocycles. The Labute approximate surface area is 102 Å². The van der Waals surface area contributed by atoms with Crippen molar-refractivity contribution in [3.05, 3.63) is 11.0 Å². The third kappa shape index (κ3) is 2.62. The van der Waals surface area contributed by atoms with Crippen molar-refractivity contribution < 1.29 is 9.53 Å². The van der Waals surface area contributed by atoms with Crippen molar-refractivity contribution in [2.24, 2.45) is 17.8 Å². The maximum Gasteiger partial charge on any atom is 0.334 e. The summed E-state index contributed by atoms with van der Waals surface area (Å²) < 4.78 is 5.37. The zero-order chi connectivity index (χ0) is 11.5. The summed E-state index contributed by atoms with van der Waals surface area (Å²) in [7, 11) is 0. The Morgan fingerprint density at radius 2 is 2.25 bits per heavy atom. The molecule has 2 saturated carbocycles. The SMILES string of the molecule is CS/C=C(\C)C(=O)OCC1CC2CCC1C2. The molecule has 0 aromatic carbocycles. The van der Waals surface area contributed by atoms with E-state index in [1.807, 2.05) is 18.6 Å². The van der Waals surface area contributed by atoms with Crippen LogP contribution in [0.5, 0.6) is 0 Å². The summed E-state index contributed by atoms with van der Waals surface area (Å²) in [4.78, 5) is 11.6. The lowest BCUT2D eigenvalue weighted by molar-refractivity contribution is -0.140. The molecule has 16 heavy (non-hydrogen) atoms. The lowest BCUT2D eigenvalue weighted by Gasteiger charge is -2.21. The Balaban J connectivity index is 1.76. The molecule has 2 fully saturated rings. The van der Waals surface area contributed by atoms with Crippen LogP contribution in [-0.2, 0) is 9.53 Å². The second kappa shape index (κ2) is 5.26. The van der Waals surface area contributed by atoms with E-state index in [-0.39, 0.29) is 5.97 Å². The van der Waals surface area contributed by atoms with Gasteiger partial charge in [-0.15, -0.1) is 11.8 Å². The Bertz CT molecular complexity index is 298. The highest BCUT2D eigenvalue weighted by molar-refractivity contribution is 8.01. The van der Waals surface area contributed by atoms with Crippen LogP contribution in [-0.4, -0.2) is 18.8 Å². The van der Waals surface area contributed by atoms with Gasteiger partial charge >= 0.3 is 5.97 Å². The zero-order valence-electron chi connectivity index (χ0n) is 10.1. The molecule has 2 aliphatic carbocycles. The molecule has 0 spiro atoms. The third-order valence-electron chi connectivity index (χ3n) is 3.93. The fourth-order valence-electron chi connectivity index (χ4n) is 3.10. The molecular weight excluding hydrogens is 220 g/mol. The topological polar surface area (TPSA) is 26.3 Å². The Morgan fingerprint density at radius 3 is 2.81 bits per heavy atom. The van der Waals surface area contributed by atoms with Gasteiger partial charge in [-0.2, -0.15) is 0 Å². The van der Waals surface area contributed by atoms with Crippen molar-refractivity contribution in [2.75, 3.05) is 12.9 Å². The zero-order valence-corrected chi connectivity index (χ0v) is 10.9. The van der Waals surface area contributed by atoms with E-state index >= 15 is 0 Å². The highest BCUT2D eigenvalue weighted by Gasteiger charge is 2.39. The lowest BCUT2D eigenvalue weighted by atomic mass is 9.89. The average molecular weight is 240 g/mol. The quantitative estimate of drug-likeness (QED) is 0.557. The molecule has 0 aromatic rings. The first-order valence-electron chi connectivity index (χ1n) is 6.07. The number of fused-ring (bicyclic) bond motifs is 2. The predicted molar refractivity (Wildman–Crippen MR) is 67.2 cm³/mol. The van der Waals surface area contributed by atoms with E-state index in [4.69, 9.17) is 4.74 Å². The second-order valence-corrected chi connectivity index (χ2v) is 5.78. The molecule has 0 saturated heterocycles. The smallest absolute Gasteiger partial charge is 0.334 e. The number of esters is 1. The van der Waals surface area contributed by atoms with Crippen molar-refractivity contribution in [3.63, 3.8) is 0 Å². The van der Waals surface area contributed by atoms with Crippen molar-refractivity contribution in [3.8, 4) is 0 Å². The number of ether oxygens (including phenoxy) is 1. The van der Waals surface area contributed by atoms with Crippen LogP contribution in [0.15, 0.2) is 11.0 Å². The molecule has 0 radical (unpaired) electrons. The van der Waals surface area contributed by atoms with Gasteiger partial charge in [0.1, 0.15) is 0 Å². The number of carbonyl (C=O) groups is 1. The molecule has 0 aromatic heterocycles. The lowest BCUT2D eigenvalue weighted by Crippen LogP contribution is -2.19. The van der Waals surface area contributed by atoms with E-state index in [2.05, 4.69) is 0 Å². The fraction of sp³-hybridized carbons (Fsp3) is 0.769. The van der Waals surface area contributed by atoms with E-state index in [1.165, 1.54) is 25.7 Å². The van der Waals surface area contributed by atoms with Gasteiger partial charge < -0.3 is 4.74 Å². The van der Waals surface area contributed by atoms with Crippen LogP contribution < -0.4 is 0 Å². The van der Waals surface area contributed by atoms with Gasteiger partial charge in [0.25, 0.3) is 0 Å². The first-order chi connectivity index (χ1) is 7.70. The molecule has 2 aliphatic rings. The highest BCUT2D eigenvalue weighted by Crippen LogP contribution is 2.48. The Morgan fingerprint density at radius 1 is 1.44 bits per heavy atom. The van der Waals surface area contributed by atoms with Gasteiger partial charge in [-0.25, -0.2) is 4.79 Å². The largest absolute Gasteiger partial charge is 0.462 e. The van der Waals surface area contributed by atoms with Crippen LogP contribution in [0.25, 0.3) is 0 Å². The van der Waals surface area contributed by atoms with Gasteiger partial charge in [0.15, 0.2) is 0 Å². The van der Waals surface area contributed by atoms with Gasteiger partial charge in [0.05, 0.1) is 6.61 Å². The first-order valence-corrected chi connectivity index (χ1v) is 7.36. The molecule has 0 heterocycles. The normalized spacial score (nSPS) is 33.1. The summed E-state index contributed by atoms with van der Waals surface area (Å²) in [5.74, 6) is 2.26. The Kier molecular flexibility index (Phi) is 3.95. The summed E-state index contributed by atoms with van der Waals surface area (Å²) in [5.41, 5.74) is 0.718. The number of hydrogen-bond acceptors (Lipinski definition) is 3. The van der Waals surface area contributed by atoms with Gasteiger partial charge in [-0.3, -0.25) is 0 Å². The van der Waals surface area contributed by atoms with E-state index in [0.717, 1.165) is 17.4 Å². The third-order valence-corrected chi connectivity index (χ3v) is 4.52. The second-order valence-electron chi connectivity index (χ2n) is 5.07. The molecular formula is C13H20O2S. The molecule has 2 nitrogen and oxygen atoms in total. The van der Waals surface area contributed by atoms with Crippen LogP contribution in [0, 0.1) is 17.8 Å². The summed E-state index contributed by atoms with van der Waals surface area (Å²) in [6.45, 7) is 2.46. The van der Waals surface area contributed by atoms with Crippen LogP contribution in [0.1, 0.15) is 32.6 Å². The molecule has 90 valence electrons. The summed E-state index contributed by atoms with van der Waals surface area (Å²) >= 11 is 1.55. The molecule has 2 bridgehead atoms. The van der Waals surface area contributed by atoms with E-state index in [1.54, 1.807) is 11.8 Å². The monoisotopic (exact) mass is 240 g/mol.